The van der Waals surface area contributed by atoms with Crippen LogP contribution in [0.4, 0.5) is 35.7 Å². The number of nitrogens with one attached hydrogen (secondary N) is 6. The molecule has 0 aromatic carbocycles. The molecule has 6 N–H and O–H groups in total. The molecule has 0 aliphatic heterocycles. The van der Waals surface area contributed by atoms with Gasteiger partial charge in [-0.25, -0.2) is 0 Å². The Morgan fingerprint density at radius 1 is 0.256 bits per heavy atom. The van der Waals surface area contributed by atoms with Crippen molar-refractivity contribution in [1.82, 2.24) is 74.8 Å². The van der Waals surface area contributed by atoms with Gasteiger partial charge in [-0.05, 0) is 32.1 Å². The maximum Gasteiger partial charge on any atom is 0.228 e. The van der Waals surface area contributed by atoms with E-state index in [1.807, 2.05) is 7.05 Å². The van der Waals surface area contributed by atoms with Crippen LogP contribution in [0.1, 0.15) is 131 Å². The van der Waals surface area contributed by atoms with Crippen LogP contribution in [0.25, 0.3) is 0 Å². The topological polar surface area (TPSA) is 266 Å². The standard InChI is InChI=1S/C51H85N21S10/c1-7-12-17-28-74-43-59-37(52-6)58-38(60-43)54-23-33-79-49-66-40(63-45(70-49)76-30-19-14-9-3)56-25-35-81-51-68-42(65-47(72-51)78-32-21-16-11-5)57-26-36-82-50-67-41(64-46(71-50)77-31-20-15-10-4)55-24-34-80-48-62-39(53-22-27-73)61-44(69-48)75-29-18-13-8-2/h73H,7-36H2,1-6H3,(H,53,61,62,69)(H,55,64,67,71)(H,56,63,66,70)(H,57,65,68,72)(H2,52,54,58,59,60). The average molecular weight is 1310 g/mol. The highest BCUT2D eigenvalue weighted by molar-refractivity contribution is 8.01. The maximum absolute atomic E-state index is 4.87. The SMILES string of the molecule is CCCCCSc1nc(NC)nc(NCCSc2nc(NCCSc3nc(NCCSc4nc(NCCSc5nc(NCCS)nc(SCCCCC)n5)nc(SCCCCC)n4)nc(SCCCCC)n3)nc(SCCCCC)n2)n1. The molecule has 31 heteroatoms. The fraction of sp³-hybridized carbons (Fsp3) is 0.706. The van der Waals surface area contributed by atoms with E-state index in [1.54, 1.807) is 106 Å². The quantitative estimate of drug-likeness (QED) is 0.0108. The highest BCUT2D eigenvalue weighted by atomic mass is 32.2. The zero-order valence-electron chi connectivity index (χ0n) is 48.5. The Bertz CT molecular complexity index is 2510. The normalized spacial score (nSPS) is 11.3. The molecule has 0 fully saturated rings. The molecule has 0 amide bonds. The molecule has 454 valence electrons. The summed E-state index contributed by atoms with van der Waals surface area (Å²) in [6.07, 6.45) is 17.3. The van der Waals surface area contributed by atoms with Crippen LogP contribution in [0.15, 0.2) is 46.4 Å². The van der Waals surface area contributed by atoms with Gasteiger partial charge in [-0.2, -0.15) is 87.4 Å². The minimum atomic E-state index is 0.551. The third kappa shape index (κ3) is 30.6. The number of thiol groups is 1. The van der Waals surface area contributed by atoms with Gasteiger partial charge >= 0.3 is 0 Å². The number of aromatic nitrogens is 15. The molecule has 5 heterocycles. The van der Waals surface area contributed by atoms with Crippen molar-refractivity contribution in [3.05, 3.63) is 0 Å². The lowest BCUT2D eigenvalue weighted by atomic mass is 10.3. The van der Waals surface area contributed by atoms with Crippen LogP contribution in [0.2, 0.25) is 0 Å². The average Bonchev–Trinajstić information content (AvgIpc) is 3.50. The van der Waals surface area contributed by atoms with E-state index in [4.69, 9.17) is 49.8 Å². The second kappa shape index (κ2) is 44.7. The third-order valence-corrected chi connectivity index (χ3v) is 19.3. The van der Waals surface area contributed by atoms with Crippen LogP contribution in [0.3, 0.4) is 0 Å². The molecule has 21 nitrogen and oxygen atoms in total. The number of unbranched alkanes of at least 4 members (excludes halogenated alkanes) is 10. The van der Waals surface area contributed by atoms with E-state index in [9.17, 15) is 0 Å². The summed E-state index contributed by atoms with van der Waals surface area (Å²) in [5, 5.41) is 26.4. The van der Waals surface area contributed by atoms with Gasteiger partial charge in [0.2, 0.25) is 35.7 Å². The Morgan fingerprint density at radius 2 is 0.463 bits per heavy atom. The molecule has 0 radical (unpaired) electrons. The lowest BCUT2D eigenvalue weighted by molar-refractivity contribution is 0.769. The van der Waals surface area contributed by atoms with E-state index in [1.165, 1.54) is 44.9 Å². The highest BCUT2D eigenvalue weighted by Crippen LogP contribution is 2.27. The molecular weight excluding hydrogens is 1230 g/mol. The van der Waals surface area contributed by atoms with Crippen LogP contribution in [0, 0.1) is 0 Å². The van der Waals surface area contributed by atoms with Crippen LogP contribution in [-0.2, 0) is 0 Å². The molecule has 0 atom stereocenters. The summed E-state index contributed by atoms with van der Waals surface area (Å²) >= 11 is 19.0. The molecule has 5 aromatic rings. The van der Waals surface area contributed by atoms with Crippen molar-refractivity contribution in [2.24, 2.45) is 0 Å². The Labute approximate surface area is 531 Å². The number of nitrogens with zero attached hydrogens (tertiary/aromatic N) is 15. The van der Waals surface area contributed by atoms with Crippen molar-refractivity contribution in [3.63, 3.8) is 0 Å². The number of hydrogen-bond acceptors (Lipinski definition) is 31. The number of anilines is 6. The van der Waals surface area contributed by atoms with Crippen molar-refractivity contribution in [3.8, 4) is 0 Å². The molecule has 5 aromatic heterocycles. The second-order valence-corrected chi connectivity index (χ2v) is 27.9. The molecule has 5 rings (SSSR count). The molecule has 0 saturated carbocycles. The van der Waals surface area contributed by atoms with Crippen molar-refractivity contribution in [2.45, 2.75) is 177 Å². The summed E-state index contributed by atoms with van der Waals surface area (Å²) in [5.74, 6) is 11.7. The monoisotopic (exact) mass is 1310 g/mol. The summed E-state index contributed by atoms with van der Waals surface area (Å²) in [5.41, 5.74) is 0. The summed E-state index contributed by atoms with van der Waals surface area (Å²) in [6, 6.07) is 0. The summed E-state index contributed by atoms with van der Waals surface area (Å²) in [6.45, 7) is 14.2. The first-order valence-electron chi connectivity index (χ1n) is 28.8. The van der Waals surface area contributed by atoms with E-state index in [0.29, 0.717) is 117 Å². The number of rotatable bonds is 49. The summed E-state index contributed by atoms with van der Waals surface area (Å²) in [7, 11) is 1.82. The maximum atomic E-state index is 4.87. The molecule has 0 aliphatic rings. The van der Waals surface area contributed by atoms with Gasteiger partial charge in [0.05, 0.1) is 0 Å². The van der Waals surface area contributed by atoms with Crippen LogP contribution < -0.4 is 31.9 Å². The Balaban J connectivity index is 1.16. The van der Waals surface area contributed by atoms with Gasteiger partial charge in [0.15, 0.2) is 46.4 Å². The van der Waals surface area contributed by atoms with Crippen molar-refractivity contribution < 1.29 is 0 Å². The van der Waals surface area contributed by atoms with E-state index in [0.717, 1.165) is 107 Å². The highest BCUT2D eigenvalue weighted by Gasteiger charge is 2.15. The molecule has 0 spiro atoms. The van der Waals surface area contributed by atoms with Gasteiger partial charge < -0.3 is 31.9 Å². The van der Waals surface area contributed by atoms with Gasteiger partial charge in [0.1, 0.15) is 0 Å². The number of hydrogen-bond donors (Lipinski definition) is 7. The Morgan fingerprint density at radius 3 is 0.695 bits per heavy atom. The largest absolute Gasteiger partial charge is 0.357 e. The van der Waals surface area contributed by atoms with Crippen LogP contribution in [-0.4, -0.2) is 172 Å². The van der Waals surface area contributed by atoms with Gasteiger partial charge in [0, 0.05) is 97.3 Å². The number of thioether (sulfide) groups is 9. The van der Waals surface area contributed by atoms with E-state index in [2.05, 4.69) is 104 Å². The first-order chi connectivity index (χ1) is 40.3. The Kier molecular flexibility index (Phi) is 38.3. The van der Waals surface area contributed by atoms with Gasteiger partial charge in [-0.3, -0.25) is 0 Å². The van der Waals surface area contributed by atoms with Crippen LogP contribution >= 0.6 is 118 Å². The fourth-order valence-electron chi connectivity index (χ4n) is 6.76. The van der Waals surface area contributed by atoms with Gasteiger partial charge in [0.25, 0.3) is 0 Å². The third-order valence-electron chi connectivity index (χ3n) is 11.0. The molecular formula is C51H85N21S10. The van der Waals surface area contributed by atoms with Crippen molar-refractivity contribution in [1.29, 1.82) is 0 Å². The fourth-order valence-corrected chi connectivity index (χ4v) is 14.0. The molecule has 0 bridgehead atoms. The van der Waals surface area contributed by atoms with Crippen molar-refractivity contribution >= 4 is 154 Å². The first-order valence-corrected chi connectivity index (χ1v) is 38.3. The zero-order valence-corrected chi connectivity index (χ0v) is 56.8. The Hall–Kier alpha value is -2.65. The molecule has 0 aliphatic carbocycles. The zero-order chi connectivity index (χ0) is 58.1. The van der Waals surface area contributed by atoms with E-state index >= 15 is 0 Å². The smallest absolute Gasteiger partial charge is 0.228 e. The predicted octanol–water partition coefficient (Wildman–Crippen LogP) is 13.2. The minimum absolute atomic E-state index is 0.551. The molecule has 0 unspecified atom stereocenters. The minimum Gasteiger partial charge on any atom is -0.357 e. The lowest BCUT2D eigenvalue weighted by Gasteiger charge is -2.11. The van der Waals surface area contributed by atoms with Gasteiger partial charge in [-0.15, -0.1) is 0 Å². The van der Waals surface area contributed by atoms with Crippen LogP contribution in [0.5, 0.6) is 0 Å². The van der Waals surface area contributed by atoms with Gasteiger partial charge in [-0.1, -0.05) is 205 Å². The van der Waals surface area contributed by atoms with E-state index < -0.39 is 0 Å². The lowest BCUT2D eigenvalue weighted by Crippen LogP contribution is -2.13. The first kappa shape index (κ1) is 70.1. The van der Waals surface area contributed by atoms with E-state index in [-0.39, 0.29) is 0 Å². The van der Waals surface area contributed by atoms with Crippen molar-refractivity contribution in [2.75, 3.05) is 129 Å². The molecule has 82 heavy (non-hydrogen) atoms. The predicted molar refractivity (Wildman–Crippen MR) is 359 cm³/mol. The second-order valence-electron chi connectivity index (χ2n) is 17.9. The summed E-state index contributed by atoms with van der Waals surface area (Å²) < 4.78 is 0. The molecule has 0 saturated heterocycles. The summed E-state index contributed by atoms with van der Waals surface area (Å²) in [4.78, 5) is 71.3.